The van der Waals surface area contributed by atoms with Crippen molar-refractivity contribution in [3.63, 3.8) is 0 Å². The van der Waals surface area contributed by atoms with Crippen molar-refractivity contribution in [3.05, 3.63) is 18.1 Å². The first-order chi connectivity index (χ1) is 9.36. The van der Waals surface area contributed by atoms with Crippen molar-refractivity contribution < 1.29 is 0 Å². The third-order valence-electron chi connectivity index (χ3n) is 4.58. The zero-order chi connectivity index (χ0) is 13.1. The van der Waals surface area contributed by atoms with E-state index in [2.05, 4.69) is 20.3 Å². The second-order valence-corrected chi connectivity index (χ2v) is 5.76. The van der Waals surface area contributed by atoms with Gasteiger partial charge in [0.2, 0.25) is 0 Å². The fraction of sp³-hybridized carbons (Fsp3) is 0.714. The van der Waals surface area contributed by atoms with Crippen molar-refractivity contribution in [2.24, 2.45) is 11.8 Å². The summed E-state index contributed by atoms with van der Waals surface area (Å²) >= 11 is 0. The number of rotatable bonds is 4. The molecule has 2 heterocycles. The molecule has 1 aliphatic carbocycles. The SMILES string of the molecule is NNc1cnc(CN2CCCC2C2CCCC2)cn1. The van der Waals surface area contributed by atoms with E-state index in [9.17, 15) is 0 Å². The van der Waals surface area contributed by atoms with Crippen LogP contribution in [0.3, 0.4) is 0 Å². The summed E-state index contributed by atoms with van der Waals surface area (Å²) in [5.41, 5.74) is 3.56. The summed E-state index contributed by atoms with van der Waals surface area (Å²) in [6.07, 6.45) is 11.9. The first-order valence-electron chi connectivity index (χ1n) is 7.38. The molecule has 2 fully saturated rings. The molecule has 1 atom stereocenters. The van der Waals surface area contributed by atoms with Crippen LogP contribution < -0.4 is 11.3 Å². The van der Waals surface area contributed by atoms with Gasteiger partial charge in [0.25, 0.3) is 0 Å². The first-order valence-corrected chi connectivity index (χ1v) is 7.38. The van der Waals surface area contributed by atoms with Gasteiger partial charge in [-0.05, 0) is 38.1 Å². The smallest absolute Gasteiger partial charge is 0.158 e. The molecule has 19 heavy (non-hydrogen) atoms. The zero-order valence-corrected chi connectivity index (χ0v) is 11.4. The van der Waals surface area contributed by atoms with Crippen molar-refractivity contribution in [1.29, 1.82) is 0 Å². The minimum atomic E-state index is 0.623. The largest absolute Gasteiger partial charge is 0.307 e. The number of hydrogen-bond acceptors (Lipinski definition) is 5. The van der Waals surface area contributed by atoms with Gasteiger partial charge in [0, 0.05) is 12.6 Å². The van der Waals surface area contributed by atoms with Crippen LogP contribution in [-0.2, 0) is 6.54 Å². The molecular weight excluding hydrogens is 238 g/mol. The van der Waals surface area contributed by atoms with Gasteiger partial charge in [-0.1, -0.05) is 12.8 Å². The predicted octanol–water partition coefficient (Wildman–Crippen LogP) is 1.92. The Hall–Kier alpha value is -1.20. The Morgan fingerprint density at radius 2 is 2.00 bits per heavy atom. The zero-order valence-electron chi connectivity index (χ0n) is 11.4. The Bertz CT molecular complexity index is 399. The van der Waals surface area contributed by atoms with E-state index < -0.39 is 0 Å². The van der Waals surface area contributed by atoms with E-state index in [0.29, 0.717) is 5.82 Å². The van der Waals surface area contributed by atoms with E-state index in [1.54, 1.807) is 6.20 Å². The van der Waals surface area contributed by atoms with Crippen molar-refractivity contribution >= 4 is 5.82 Å². The lowest BCUT2D eigenvalue weighted by molar-refractivity contribution is 0.181. The van der Waals surface area contributed by atoms with Crippen LogP contribution in [0.4, 0.5) is 5.82 Å². The lowest BCUT2D eigenvalue weighted by Gasteiger charge is -2.28. The highest BCUT2D eigenvalue weighted by atomic mass is 15.3. The van der Waals surface area contributed by atoms with E-state index in [4.69, 9.17) is 5.84 Å². The Labute approximate surface area is 114 Å². The van der Waals surface area contributed by atoms with E-state index >= 15 is 0 Å². The Kier molecular flexibility index (Phi) is 3.94. The lowest BCUT2D eigenvalue weighted by atomic mass is 9.96. The number of hydrogen-bond donors (Lipinski definition) is 2. The maximum absolute atomic E-state index is 5.31. The molecule has 1 aliphatic heterocycles. The van der Waals surface area contributed by atoms with Crippen LogP contribution in [0.5, 0.6) is 0 Å². The molecule has 104 valence electrons. The summed E-state index contributed by atoms with van der Waals surface area (Å²) in [5, 5.41) is 0. The van der Waals surface area contributed by atoms with Gasteiger partial charge < -0.3 is 5.43 Å². The van der Waals surface area contributed by atoms with E-state index in [0.717, 1.165) is 24.2 Å². The van der Waals surface area contributed by atoms with Crippen molar-refractivity contribution in [2.75, 3.05) is 12.0 Å². The normalized spacial score (nSPS) is 25.0. The number of likely N-dealkylation sites (tertiary alicyclic amines) is 1. The van der Waals surface area contributed by atoms with Crippen LogP contribution in [0, 0.1) is 5.92 Å². The summed E-state index contributed by atoms with van der Waals surface area (Å²) in [4.78, 5) is 11.3. The average molecular weight is 261 g/mol. The highest BCUT2D eigenvalue weighted by molar-refractivity contribution is 5.28. The number of nitrogens with one attached hydrogen (secondary N) is 1. The maximum Gasteiger partial charge on any atom is 0.158 e. The molecule has 1 unspecified atom stereocenters. The molecule has 0 bridgehead atoms. The fourth-order valence-corrected chi connectivity index (χ4v) is 3.64. The van der Waals surface area contributed by atoms with Gasteiger partial charge >= 0.3 is 0 Å². The number of nitrogens with two attached hydrogens (primary N) is 1. The van der Waals surface area contributed by atoms with Gasteiger partial charge in [-0.2, -0.15) is 0 Å². The van der Waals surface area contributed by atoms with Gasteiger partial charge in [0.05, 0.1) is 18.1 Å². The average Bonchev–Trinajstić information content (AvgIpc) is 3.10. The molecule has 0 spiro atoms. The van der Waals surface area contributed by atoms with E-state index in [1.807, 2.05) is 6.20 Å². The molecule has 0 amide bonds. The molecule has 2 aliphatic rings. The van der Waals surface area contributed by atoms with Crippen LogP contribution in [-0.4, -0.2) is 27.5 Å². The molecule has 5 heteroatoms. The summed E-state index contributed by atoms with van der Waals surface area (Å²) in [6, 6.07) is 0.775. The van der Waals surface area contributed by atoms with E-state index in [1.165, 1.54) is 45.1 Å². The molecule has 5 nitrogen and oxygen atoms in total. The number of anilines is 1. The van der Waals surface area contributed by atoms with Crippen LogP contribution in [0.1, 0.15) is 44.2 Å². The predicted molar refractivity (Wildman–Crippen MR) is 75.2 cm³/mol. The molecular formula is C14H23N5. The minimum absolute atomic E-state index is 0.623. The topological polar surface area (TPSA) is 67.1 Å². The number of nitrogens with zero attached hydrogens (tertiary/aromatic N) is 3. The molecule has 1 aromatic heterocycles. The molecule has 3 rings (SSSR count). The second-order valence-electron chi connectivity index (χ2n) is 5.76. The van der Waals surface area contributed by atoms with Gasteiger partial charge in [-0.3, -0.25) is 9.88 Å². The standard InChI is InChI=1S/C14H23N5/c15-18-14-9-16-12(8-17-14)10-19-7-3-6-13(19)11-4-1-2-5-11/h8-9,11,13H,1-7,10,15H2,(H,17,18). The molecule has 1 aromatic rings. The highest BCUT2D eigenvalue weighted by Crippen LogP contribution is 2.35. The van der Waals surface area contributed by atoms with Crippen LogP contribution >= 0.6 is 0 Å². The molecule has 3 N–H and O–H groups in total. The first kappa shape index (κ1) is 12.8. The van der Waals surface area contributed by atoms with Gasteiger partial charge in [0.15, 0.2) is 5.82 Å². The van der Waals surface area contributed by atoms with Crippen molar-refractivity contribution in [3.8, 4) is 0 Å². The summed E-state index contributed by atoms with van der Waals surface area (Å²) in [5.74, 6) is 6.85. The van der Waals surface area contributed by atoms with Gasteiger partial charge in [-0.15, -0.1) is 0 Å². The summed E-state index contributed by atoms with van der Waals surface area (Å²) in [7, 11) is 0. The quantitative estimate of drug-likeness (QED) is 0.640. The fourth-order valence-electron chi connectivity index (χ4n) is 3.64. The van der Waals surface area contributed by atoms with E-state index in [-0.39, 0.29) is 0 Å². The second kappa shape index (κ2) is 5.84. The monoisotopic (exact) mass is 261 g/mol. The van der Waals surface area contributed by atoms with Crippen LogP contribution in [0.2, 0.25) is 0 Å². The van der Waals surface area contributed by atoms with Crippen LogP contribution in [0.25, 0.3) is 0 Å². The molecule has 1 saturated carbocycles. The van der Waals surface area contributed by atoms with Gasteiger partial charge in [-0.25, -0.2) is 10.8 Å². The Balaban J connectivity index is 1.63. The number of aromatic nitrogens is 2. The third kappa shape index (κ3) is 2.87. The summed E-state index contributed by atoms with van der Waals surface area (Å²) in [6.45, 7) is 2.14. The minimum Gasteiger partial charge on any atom is -0.307 e. The third-order valence-corrected chi connectivity index (χ3v) is 4.58. The lowest BCUT2D eigenvalue weighted by Crippen LogP contribution is -2.34. The molecule has 1 saturated heterocycles. The highest BCUT2D eigenvalue weighted by Gasteiger charge is 2.33. The maximum atomic E-state index is 5.31. The molecule has 0 aromatic carbocycles. The summed E-state index contributed by atoms with van der Waals surface area (Å²) < 4.78 is 0. The Morgan fingerprint density at radius 3 is 2.68 bits per heavy atom. The van der Waals surface area contributed by atoms with Gasteiger partial charge in [0.1, 0.15) is 0 Å². The number of nitrogen functional groups attached to an aromatic ring is 1. The van der Waals surface area contributed by atoms with Crippen molar-refractivity contribution in [2.45, 2.75) is 51.1 Å². The van der Waals surface area contributed by atoms with Crippen molar-refractivity contribution in [1.82, 2.24) is 14.9 Å². The van der Waals surface area contributed by atoms with Crippen LogP contribution in [0.15, 0.2) is 12.4 Å². The molecule has 0 radical (unpaired) electrons. The number of hydrazine groups is 1. The Morgan fingerprint density at radius 1 is 1.16 bits per heavy atom.